The number of benzene rings is 1. The third-order valence-corrected chi connectivity index (χ3v) is 6.05. The smallest absolute Gasteiger partial charge is 0.319 e. The van der Waals surface area contributed by atoms with Crippen molar-refractivity contribution in [2.45, 2.75) is 25.4 Å². The first kappa shape index (κ1) is 21.5. The highest BCUT2D eigenvalue weighted by Gasteiger charge is 2.23. The summed E-state index contributed by atoms with van der Waals surface area (Å²) in [5.74, 6) is -0.280. The predicted octanol–water partition coefficient (Wildman–Crippen LogP) is 3.79. The summed E-state index contributed by atoms with van der Waals surface area (Å²) in [6, 6.07) is 9.15. The molecule has 2 N–H and O–H groups in total. The molecule has 0 unspecified atom stereocenters. The Morgan fingerprint density at radius 3 is 2.52 bits per heavy atom. The third-order valence-electron chi connectivity index (χ3n) is 4.83. The summed E-state index contributed by atoms with van der Waals surface area (Å²) < 4.78 is 13.6. The Bertz CT molecular complexity index is 837. The minimum atomic E-state index is -0.345. The molecule has 1 aliphatic heterocycles. The molecular weight excluding hydrogens is 415 g/mol. The van der Waals surface area contributed by atoms with E-state index in [1.165, 1.54) is 35.6 Å². The first-order valence-electron chi connectivity index (χ1n) is 9.42. The molecule has 0 saturated carbocycles. The van der Waals surface area contributed by atoms with Gasteiger partial charge in [-0.15, -0.1) is 11.3 Å². The van der Waals surface area contributed by atoms with Crippen molar-refractivity contribution in [1.29, 1.82) is 0 Å². The maximum absolute atomic E-state index is 12.9. The normalized spacial score (nSPS) is 15.1. The van der Waals surface area contributed by atoms with Crippen LogP contribution in [0.4, 0.5) is 14.9 Å². The highest BCUT2D eigenvalue weighted by molar-refractivity contribution is 7.16. The fraction of sp³-hybridized carbons (Fsp3) is 0.400. The van der Waals surface area contributed by atoms with Gasteiger partial charge in [-0.1, -0.05) is 11.6 Å². The number of carbonyl (C=O) groups is 2. The number of likely N-dealkylation sites (tertiary alicyclic amines) is 1. The van der Waals surface area contributed by atoms with Crippen LogP contribution in [-0.4, -0.2) is 54.5 Å². The number of likely N-dealkylation sites (N-methyl/N-ethyl adjacent to an activating group) is 1. The minimum absolute atomic E-state index is 0.0489. The van der Waals surface area contributed by atoms with Gasteiger partial charge in [-0.05, 0) is 49.2 Å². The van der Waals surface area contributed by atoms with E-state index < -0.39 is 0 Å². The van der Waals surface area contributed by atoms with E-state index in [0.29, 0.717) is 18.8 Å². The monoisotopic (exact) mass is 438 g/mol. The molecule has 156 valence electrons. The number of thiophene rings is 1. The largest absolute Gasteiger partial charge is 0.340 e. The number of amides is 3. The number of urea groups is 1. The molecule has 3 rings (SSSR count). The van der Waals surface area contributed by atoms with Crippen LogP contribution >= 0.6 is 22.9 Å². The third kappa shape index (κ3) is 6.69. The van der Waals surface area contributed by atoms with Crippen LogP contribution < -0.4 is 10.6 Å². The summed E-state index contributed by atoms with van der Waals surface area (Å²) in [6.07, 6.45) is 1.54. The van der Waals surface area contributed by atoms with Gasteiger partial charge >= 0.3 is 6.03 Å². The summed E-state index contributed by atoms with van der Waals surface area (Å²) in [6.45, 7) is 2.40. The van der Waals surface area contributed by atoms with Gasteiger partial charge in [0.15, 0.2) is 0 Å². The Kier molecular flexibility index (Phi) is 7.46. The van der Waals surface area contributed by atoms with Crippen molar-refractivity contribution < 1.29 is 14.0 Å². The van der Waals surface area contributed by atoms with Gasteiger partial charge < -0.3 is 15.5 Å². The zero-order valence-corrected chi connectivity index (χ0v) is 17.7. The highest BCUT2D eigenvalue weighted by atomic mass is 35.5. The number of carbonyl (C=O) groups excluding carboxylic acids is 2. The molecule has 0 atom stereocenters. The first-order valence-corrected chi connectivity index (χ1v) is 10.6. The SMILES string of the molecule is CN(Cc1ccc(Cl)s1)C(=O)CN1CCC(NC(=O)Nc2ccc(F)cc2)CC1. The Balaban J connectivity index is 1.37. The van der Waals surface area contributed by atoms with Gasteiger partial charge in [0.05, 0.1) is 17.4 Å². The minimum Gasteiger partial charge on any atom is -0.340 e. The molecule has 1 aliphatic rings. The number of nitrogens with one attached hydrogen (secondary N) is 2. The molecule has 2 aromatic rings. The van der Waals surface area contributed by atoms with E-state index >= 15 is 0 Å². The van der Waals surface area contributed by atoms with Crippen molar-refractivity contribution in [3.05, 3.63) is 51.4 Å². The van der Waals surface area contributed by atoms with E-state index in [1.54, 1.807) is 11.9 Å². The van der Waals surface area contributed by atoms with Crippen LogP contribution in [0.1, 0.15) is 17.7 Å². The Morgan fingerprint density at radius 2 is 1.90 bits per heavy atom. The van der Waals surface area contributed by atoms with Crippen LogP contribution in [0.25, 0.3) is 0 Å². The molecule has 1 aromatic carbocycles. The topological polar surface area (TPSA) is 64.7 Å². The Labute approximate surface area is 178 Å². The molecule has 9 heteroatoms. The van der Waals surface area contributed by atoms with Crippen LogP contribution in [0.15, 0.2) is 36.4 Å². The molecule has 1 aromatic heterocycles. The molecule has 29 heavy (non-hydrogen) atoms. The van der Waals surface area contributed by atoms with E-state index in [0.717, 1.165) is 35.1 Å². The summed E-state index contributed by atoms with van der Waals surface area (Å²) in [5, 5.41) is 5.64. The summed E-state index contributed by atoms with van der Waals surface area (Å²) in [7, 11) is 1.80. The Hall–Kier alpha value is -2.16. The fourth-order valence-electron chi connectivity index (χ4n) is 3.19. The lowest BCUT2D eigenvalue weighted by Gasteiger charge is -2.32. The number of hydrogen-bond acceptors (Lipinski definition) is 4. The second-order valence-corrected chi connectivity index (χ2v) is 8.91. The number of nitrogens with zero attached hydrogens (tertiary/aromatic N) is 2. The second-order valence-electron chi connectivity index (χ2n) is 7.11. The molecule has 1 fully saturated rings. The molecule has 0 spiro atoms. The number of hydrogen-bond donors (Lipinski definition) is 2. The quantitative estimate of drug-likeness (QED) is 0.721. The van der Waals surface area contributed by atoms with E-state index in [-0.39, 0.29) is 23.8 Å². The van der Waals surface area contributed by atoms with Crippen molar-refractivity contribution in [3.63, 3.8) is 0 Å². The second kappa shape index (κ2) is 10.0. The first-order chi connectivity index (χ1) is 13.9. The lowest BCUT2D eigenvalue weighted by molar-refractivity contribution is -0.131. The summed E-state index contributed by atoms with van der Waals surface area (Å²) in [5.41, 5.74) is 0.544. The van der Waals surface area contributed by atoms with Gasteiger partial charge in [0.25, 0.3) is 0 Å². The summed E-state index contributed by atoms with van der Waals surface area (Å²) in [4.78, 5) is 29.4. The van der Waals surface area contributed by atoms with Crippen molar-refractivity contribution in [3.8, 4) is 0 Å². The maximum Gasteiger partial charge on any atom is 0.319 e. The van der Waals surface area contributed by atoms with E-state index in [9.17, 15) is 14.0 Å². The van der Waals surface area contributed by atoms with Gasteiger partial charge in [-0.2, -0.15) is 0 Å². The fourth-order valence-corrected chi connectivity index (χ4v) is 4.33. The van der Waals surface area contributed by atoms with E-state index in [2.05, 4.69) is 15.5 Å². The molecule has 2 heterocycles. The van der Waals surface area contributed by atoms with Gasteiger partial charge in [-0.25, -0.2) is 9.18 Å². The van der Waals surface area contributed by atoms with E-state index in [1.807, 2.05) is 12.1 Å². The van der Waals surface area contributed by atoms with Gasteiger partial charge in [0, 0.05) is 36.7 Å². The molecule has 0 bridgehead atoms. The molecule has 0 radical (unpaired) electrons. The van der Waals surface area contributed by atoms with Crippen molar-refractivity contribution >= 4 is 40.6 Å². The van der Waals surface area contributed by atoms with E-state index in [4.69, 9.17) is 11.6 Å². The van der Waals surface area contributed by atoms with Crippen LogP contribution in [-0.2, 0) is 11.3 Å². The standard InChI is InChI=1S/C20H24ClFN4O2S/c1-25(12-17-6-7-18(21)29-17)19(27)13-26-10-8-16(9-11-26)24-20(28)23-15-4-2-14(22)3-5-15/h2-7,16H,8-13H2,1H3,(H2,23,24,28). The lowest BCUT2D eigenvalue weighted by atomic mass is 10.1. The van der Waals surface area contributed by atoms with Crippen LogP contribution in [0.2, 0.25) is 4.34 Å². The van der Waals surface area contributed by atoms with Gasteiger partial charge in [0.2, 0.25) is 5.91 Å². The van der Waals surface area contributed by atoms with Crippen molar-refractivity contribution in [1.82, 2.24) is 15.1 Å². The Morgan fingerprint density at radius 1 is 1.21 bits per heavy atom. The summed E-state index contributed by atoms with van der Waals surface area (Å²) >= 11 is 7.42. The van der Waals surface area contributed by atoms with Crippen molar-refractivity contribution in [2.75, 3.05) is 32.0 Å². The number of anilines is 1. The van der Waals surface area contributed by atoms with Gasteiger partial charge in [-0.3, -0.25) is 9.69 Å². The molecular formula is C20H24ClFN4O2S. The molecule has 0 aliphatic carbocycles. The highest BCUT2D eigenvalue weighted by Crippen LogP contribution is 2.22. The number of piperidine rings is 1. The molecule has 3 amide bonds. The zero-order chi connectivity index (χ0) is 20.8. The zero-order valence-electron chi connectivity index (χ0n) is 16.2. The van der Waals surface area contributed by atoms with Crippen LogP contribution in [0, 0.1) is 5.82 Å². The number of halogens is 2. The van der Waals surface area contributed by atoms with Crippen LogP contribution in [0.5, 0.6) is 0 Å². The average molecular weight is 439 g/mol. The molecule has 6 nitrogen and oxygen atoms in total. The maximum atomic E-state index is 12.9. The molecule has 1 saturated heterocycles. The van der Waals surface area contributed by atoms with Crippen molar-refractivity contribution in [2.24, 2.45) is 0 Å². The predicted molar refractivity (Wildman–Crippen MR) is 114 cm³/mol. The number of rotatable bonds is 6. The van der Waals surface area contributed by atoms with Gasteiger partial charge in [0.1, 0.15) is 5.82 Å². The van der Waals surface area contributed by atoms with Crippen LogP contribution in [0.3, 0.4) is 0 Å². The average Bonchev–Trinajstić information content (AvgIpc) is 3.09. The lowest BCUT2D eigenvalue weighted by Crippen LogP contribution is -2.48.